The van der Waals surface area contributed by atoms with Crippen LogP contribution in [0.2, 0.25) is 0 Å². The first-order valence-corrected chi connectivity index (χ1v) is 10.5. The summed E-state index contributed by atoms with van der Waals surface area (Å²) in [5.74, 6) is 0.730. The van der Waals surface area contributed by atoms with Crippen molar-refractivity contribution in [1.82, 2.24) is 16.0 Å². The summed E-state index contributed by atoms with van der Waals surface area (Å²) >= 11 is 0. The smallest absolute Gasteiger partial charge is 0.251 e. The number of guanidine groups is 1. The van der Waals surface area contributed by atoms with E-state index in [-0.39, 0.29) is 11.9 Å². The largest absolute Gasteiger partial charge is 0.356 e. The molecule has 0 bridgehead atoms. The Morgan fingerprint density at radius 3 is 2.66 bits per heavy atom. The predicted octanol–water partition coefficient (Wildman–Crippen LogP) is 3.39. The van der Waals surface area contributed by atoms with Crippen molar-refractivity contribution < 1.29 is 4.79 Å². The van der Waals surface area contributed by atoms with E-state index in [1.54, 1.807) is 14.1 Å². The first-order valence-electron chi connectivity index (χ1n) is 10.5. The Balaban J connectivity index is 1.54. The molecule has 29 heavy (non-hydrogen) atoms. The van der Waals surface area contributed by atoms with Gasteiger partial charge in [-0.25, -0.2) is 0 Å². The fourth-order valence-corrected chi connectivity index (χ4v) is 3.84. The number of fused-ring (bicyclic) bond motifs is 1. The van der Waals surface area contributed by atoms with Crippen LogP contribution in [0.5, 0.6) is 0 Å². The lowest BCUT2D eigenvalue weighted by molar-refractivity contribution is 0.0963. The van der Waals surface area contributed by atoms with Crippen molar-refractivity contribution in [2.75, 3.05) is 20.6 Å². The summed E-state index contributed by atoms with van der Waals surface area (Å²) in [5, 5.41) is 9.54. The SMILES string of the molecule is CN=C(NCCc1cccc(C(=O)NC)c1)NC(C)c1ccc2c(c1)CCCC2. The molecule has 5 heteroatoms. The van der Waals surface area contributed by atoms with E-state index in [0.29, 0.717) is 5.56 Å². The van der Waals surface area contributed by atoms with Gasteiger partial charge in [0, 0.05) is 26.2 Å². The van der Waals surface area contributed by atoms with Crippen LogP contribution in [0, 0.1) is 0 Å². The second-order valence-electron chi connectivity index (χ2n) is 7.63. The third kappa shape index (κ3) is 5.59. The highest BCUT2D eigenvalue weighted by molar-refractivity contribution is 5.94. The molecule has 0 aliphatic heterocycles. The molecule has 0 saturated heterocycles. The molecule has 1 unspecified atom stereocenters. The minimum absolute atomic E-state index is 0.0591. The van der Waals surface area contributed by atoms with Crippen LogP contribution in [0.15, 0.2) is 47.5 Å². The molecule has 1 aliphatic carbocycles. The first-order chi connectivity index (χ1) is 14.1. The summed E-state index contributed by atoms with van der Waals surface area (Å²) in [4.78, 5) is 16.1. The van der Waals surface area contributed by atoms with Crippen LogP contribution in [-0.4, -0.2) is 32.5 Å². The summed E-state index contributed by atoms with van der Waals surface area (Å²) < 4.78 is 0. The van der Waals surface area contributed by atoms with Gasteiger partial charge >= 0.3 is 0 Å². The monoisotopic (exact) mass is 392 g/mol. The minimum atomic E-state index is -0.0591. The van der Waals surface area contributed by atoms with Crippen LogP contribution in [-0.2, 0) is 19.3 Å². The van der Waals surface area contributed by atoms with Gasteiger partial charge < -0.3 is 16.0 Å². The molecule has 3 rings (SSSR count). The predicted molar refractivity (Wildman–Crippen MR) is 120 cm³/mol. The fraction of sp³-hybridized carbons (Fsp3) is 0.417. The molecule has 0 saturated carbocycles. The number of aryl methyl sites for hydroxylation is 2. The highest BCUT2D eigenvalue weighted by Crippen LogP contribution is 2.24. The second kappa shape index (κ2) is 10.1. The lowest BCUT2D eigenvalue weighted by Gasteiger charge is -2.21. The van der Waals surface area contributed by atoms with Crippen LogP contribution in [0.25, 0.3) is 0 Å². The molecule has 0 aromatic heterocycles. The third-order valence-corrected chi connectivity index (χ3v) is 5.57. The van der Waals surface area contributed by atoms with Gasteiger partial charge in [-0.2, -0.15) is 0 Å². The first kappa shape index (κ1) is 20.9. The number of aliphatic imine (C=N–C) groups is 1. The Morgan fingerprint density at radius 1 is 1.10 bits per heavy atom. The number of hydrogen-bond acceptors (Lipinski definition) is 2. The average Bonchev–Trinajstić information content (AvgIpc) is 2.77. The van der Waals surface area contributed by atoms with Crippen molar-refractivity contribution in [1.29, 1.82) is 0 Å². The molecule has 0 spiro atoms. The van der Waals surface area contributed by atoms with Crippen LogP contribution < -0.4 is 16.0 Å². The number of carbonyl (C=O) groups is 1. The van der Waals surface area contributed by atoms with Gasteiger partial charge in [0.2, 0.25) is 0 Å². The summed E-state index contributed by atoms with van der Waals surface area (Å²) in [6, 6.07) is 14.8. The van der Waals surface area contributed by atoms with Gasteiger partial charge in [0.1, 0.15) is 0 Å². The fourth-order valence-electron chi connectivity index (χ4n) is 3.84. The molecule has 0 fully saturated rings. The van der Waals surface area contributed by atoms with Crippen molar-refractivity contribution in [2.45, 2.75) is 45.1 Å². The molecule has 2 aromatic carbocycles. The number of hydrogen-bond donors (Lipinski definition) is 3. The third-order valence-electron chi connectivity index (χ3n) is 5.57. The van der Waals surface area contributed by atoms with E-state index >= 15 is 0 Å². The van der Waals surface area contributed by atoms with Gasteiger partial charge in [0.05, 0.1) is 6.04 Å². The van der Waals surface area contributed by atoms with Gasteiger partial charge in [0.15, 0.2) is 5.96 Å². The number of nitrogens with one attached hydrogen (secondary N) is 3. The van der Waals surface area contributed by atoms with E-state index in [1.165, 1.54) is 42.4 Å². The van der Waals surface area contributed by atoms with E-state index in [4.69, 9.17) is 0 Å². The Hall–Kier alpha value is -2.82. The highest BCUT2D eigenvalue weighted by atomic mass is 16.1. The standard InChI is InChI=1S/C24H32N4O/c1-17(20-12-11-19-8-4-5-9-21(19)16-20)28-24(26-3)27-14-13-18-7-6-10-22(15-18)23(29)25-2/h6-7,10-12,15-17H,4-5,8-9,13-14H2,1-3H3,(H,25,29)(H2,26,27,28). The Bertz CT molecular complexity index is 875. The molecule has 1 atom stereocenters. The normalized spacial score (nSPS) is 14.7. The number of rotatable bonds is 6. The van der Waals surface area contributed by atoms with Crippen molar-refractivity contribution in [3.63, 3.8) is 0 Å². The molecule has 2 aromatic rings. The highest BCUT2D eigenvalue weighted by Gasteiger charge is 2.13. The van der Waals surface area contributed by atoms with Gasteiger partial charge in [0.25, 0.3) is 5.91 Å². The zero-order valence-corrected chi connectivity index (χ0v) is 17.7. The Kier molecular flexibility index (Phi) is 7.28. The zero-order chi connectivity index (χ0) is 20.6. The Morgan fingerprint density at radius 2 is 1.90 bits per heavy atom. The number of nitrogens with zero attached hydrogens (tertiary/aromatic N) is 1. The molecule has 0 heterocycles. The van der Waals surface area contributed by atoms with E-state index < -0.39 is 0 Å². The van der Waals surface area contributed by atoms with E-state index in [1.807, 2.05) is 24.3 Å². The van der Waals surface area contributed by atoms with Crippen LogP contribution in [0.1, 0.15) is 58.4 Å². The molecular formula is C24H32N4O. The number of amides is 1. The molecular weight excluding hydrogens is 360 g/mol. The maximum atomic E-state index is 11.8. The topological polar surface area (TPSA) is 65.5 Å². The zero-order valence-electron chi connectivity index (χ0n) is 17.7. The average molecular weight is 393 g/mol. The lowest BCUT2D eigenvalue weighted by atomic mass is 9.89. The van der Waals surface area contributed by atoms with E-state index in [2.05, 4.69) is 46.1 Å². The lowest BCUT2D eigenvalue weighted by Crippen LogP contribution is -2.39. The van der Waals surface area contributed by atoms with Gasteiger partial charge in [-0.15, -0.1) is 0 Å². The summed E-state index contributed by atoms with van der Waals surface area (Å²) in [6.07, 6.45) is 5.82. The van der Waals surface area contributed by atoms with Gasteiger partial charge in [-0.05, 0) is 73.4 Å². The summed E-state index contributed by atoms with van der Waals surface area (Å²) in [6.45, 7) is 2.91. The number of benzene rings is 2. The summed E-state index contributed by atoms with van der Waals surface area (Å²) in [7, 11) is 3.44. The maximum Gasteiger partial charge on any atom is 0.251 e. The quantitative estimate of drug-likeness (QED) is 0.521. The van der Waals surface area contributed by atoms with E-state index in [9.17, 15) is 4.79 Å². The van der Waals surface area contributed by atoms with Crippen molar-refractivity contribution >= 4 is 11.9 Å². The van der Waals surface area contributed by atoms with Gasteiger partial charge in [-0.1, -0.05) is 30.3 Å². The molecule has 0 radical (unpaired) electrons. The van der Waals surface area contributed by atoms with Crippen LogP contribution >= 0.6 is 0 Å². The number of carbonyl (C=O) groups excluding carboxylic acids is 1. The van der Waals surface area contributed by atoms with E-state index in [0.717, 1.165) is 24.5 Å². The van der Waals surface area contributed by atoms with Crippen molar-refractivity contribution in [2.24, 2.45) is 4.99 Å². The van der Waals surface area contributed by atoms with Crippen molar-refractivity contribution in [3.05, 3.63) is 70.3 Å². The maximum absolute atomic E-state index is 11.8. The molecule has 154 valence electrons. The molecule has 3 N–H and O–H groups in total. The molecule has 5 nitrogen and oxygen atoms in total. The minimum Gasteiger partial charge on any atom is -0.356 e. The molecule has 1 aliphatic rings. The van der Waals surface area contributed by atoms with Gasteiger partial charge in [-0.3, -0.25) is 9.79 Å². The summed E-state index contributed by atoms with van der Waals surface area (Å²) in [5.41, 5.74) is 6.12. The Labute approximate surface area is 174 Å². The van der Waals surface area contributed by atoms with Crippen LogP contribution in [0.4, 0.5) is 0 Å². The van der Waals surface area contributed by atoms with Crippen molar-refractivity contribution in [3.8, 4) is 0 Å². The second-order valence-corrected chi connectivity index (χ2v) is 7.63. The van der Waals surface area contributed by atoms with Crippen LogP contribution in [0.3, 0.4) is 0 Å². The molecule has 1 amide bonds.